The molecule has 3 heteroatoms. The lowest BCUT2D eigenvalue weighted by atomic mass is 10.2. The van der Waals surface area contributed by atoms with Crippen LogP contribution < -0.4 is 10.6 Å². The predicted molar refractivity (Wildman–Crippen MR) is 58.7 cm³/mol. The lowest BCUT2D eigenvalue weighted by Gasteiger charge is -2.16. The molecule has 0 aromatic carbocycles. The van der Waals surface area contributed by atoms with Crippen LogP contribution in [-0.2, 0) is 0 Å². The van der Waals surface area contributed by atoms with Crippen LogP contribution in [0.25, 0.3) is 0 Å². The zero-order valence-corrected chi connectivity index (χ0v) is 9.42. The molecule has 2 aliphatic carbocycles. The van der Waals surface area contributed by atoms with Gasteiger partial charge in [-0.1, -0.05) is 13.8 Å². The van der Waals surface area contributed by atoms with E-state index in [0.29, 0.717) is 17.0 Å². The van der Waals surface area contributed by atoms with E-state index >= 15 is 0 Å². The molecule has 2 nitrogen and oxygen atoms in total. The summed E-state index contributed by atoms with van der Waals surface area (Å²) in [5.41, 5.74) is 0.763. The molecule has 0 radical (unpaired) electrons. The van der Waals surface area contributed by atoms with Gasteiger partial charge in [-0.25, -0.2) is 0 Å². The van der Waals surface area contributed by atoms with Gasteiger partial charge in [-0.15, -0.1) is 0 Å². The first kappa shape index (κ1) is 9.25. The lowest BCUT2D eigenvalue weighted by Crippen LogP contribution is -2.43. The van der Waals surface area contributed by atoms with Crippen LogP contribution in [0.4, 0.5) is 0 Å². The monoisotopic (exact) mass is 198 g/mol. The maximum atomic E-state index is 5.24. The van der Waals surface area contributed by atoms with Gasteiger partial charge in [0.1, 0.15) is 0 Å². The van der Waals surface area contributed by atoms with Crippen molar-refractivity contribution in [2.45, 2.75) is 51.6 Å². The van der Waals surface area contributed by atoms with Crippen molar-refractivity contribution in [2.24, 2.45) is 5.41 Å². The Morgan fingerprint density at radius 1 is 1.31 bits per heavy atom. The van der Waals surface area contributed by atoms with E-state index in [2.05, 4.69) is 31.4 Å². The van der Waals surface area contributed by atoms with Crippen LogP contribution in [0.1, 0.15) is 40.0 Å². The molecule has 13 heavy (non-hydrogen) atoms. The SMILES string of the molecule is CC1(NC(=S)NC2CC2(C)C)CC1. The summed E-state index contributed by atoms with van der Waals surface area (Å²) in [6.45, 7) is 6.76. The zero-order chi connectivity index (χ0) is 9.69. The Kier molecular flexibility index (Phi) is 1.85. The molecule has 0 aliphatic heterocycles. The highest BCUT2D eigenvalue weighted by Crippen LogP contribution is 2.44. The fourth-order valence-electron chi connectivity index (χ4n) is 1.49. The van der Waals surface area contributed by atoms with Crippen molar-refractivity contribution in [3.63, 3.8) is 0 Å². The minimum absolute atomic E-state index is 0.309. The van der Waals surface area contributed by atoms with Crippen LogP contribution in [-0.4, -0.2) is 16.7 Å². The molecule has 0 aromatic heterocycles. The zero-order valence-electron chi connectivity index (χ0n) is 8.61. The largest absolute Gasteiger partial charge is 0.359 e. The smallest absolute Gasteiger partial charge is 0.166 e. The van der Waals surface area contributed by atoms with E-state index in [1.54, 1.807) is 0 Å². The van der Waals surface area contributed by atoms with Crippen molar-refractivity contribution in [2.75, 3.05) is 0 Å². The van der Waals surface area contributed by atoms with Gasteiger partial charge in [-0.2, -0.15) is 0 Å². The summed E-state index contributed by atoms with van der Waals surface area (Å²) < 4.78 is 0. The second kappa shape index (κ2) is 2.59. The lowest BCUT2D eigenvalue weighted by molar-refractivity contribution is 0.582. The molecule has 74 valence electrons. The Morgan fingerprint density at radius 2 is 1.85 bits per heavy atom. The third-order valence-electron chi connectivity index (χ3n) is 3.23. The first-order valence-electron chi connectivity index (χ1n) is 5.00. The summed E-state index contributed by atoms with van der Waals surface area (Å²) in [7, 11) is 0. The maximum absolute atomic E-state index is 5.24. The summed E-state index contributed by atoms with van der Waals surface area (Å²) in [5, 5.41) is 7.56. The van der Waals surface area contributed by atoms with Crippen LogP contribution in [0.2, 0.25) is 0 Å². The molecule has 1 atom stereocenters. The van der Waals surface area contributed by atoms with Gasteiger partial charge in [0.25, 0.3) is 0 Å². The summed E-state index contributed by atoms with van der Waals surface area (Å²) >= 11 is 5.24. The number of nitrogens with one attached hydrogen (secondary N) is 2. The third kappa shape index (κ3) is 2.13. The molecular formula is C10H18N2S. The van der Waals surface area contributed by atoms with Gasteiger partial charge in [-0.05, 0) is 43.8 Å². The number of rotatable bonds is 2. The van der Waals surface area contributed by atoms with Gasteiger partial charge >= 0.3 is 0 Å². The van der Waals surface area contributed by atoms with Crippen molar-refractivity contribution in [3.8, 4) is 0 Å². The molecule has 0 bridgehead atoms. The van der Waals surface area contributed by atoms with Gasteiger partial charge in [0, 0.05) is 11.6 Å². The average molecular weight is 198 g/mol. The van der Waals surface area contributed by atoms with E-state index in [1.165, 1.54) is 19.3 Å². The Hall–Kier alpha value is -0.310. The average Bonchev–Trinajstić information content (AvgIpc) is 2.77. The van der Waals surface area contributed by atoms with E-state index < -0.39 is 0 Å². The molecule has 0 spiro atoms. The Balaban J connectivity index is 1.74. The molecule has 2 N–H and O–H groups in total. The van der Waals surface area contributed by atoms with Gasteiger partial charge in [0.05, 0.1) is 0 Å². The van der Waals surface area contributed by atoms with Gasteiger partial charge < -0.3 is 10.6 Å². The quantitative estimate of drug-likeness (QED) is 0.662. The molecule has 0 saturated heterocycles. The standard InChI is InChI=1S/C10H18N2S/c1-9(2)6-7(9)11-8(13)12-10(3)4-5-10/h7H,4-6H2,1-3H3,(H2,11,12,13). The highest BCUT2D eigenvalue weighted by molar-refractivity contribution is 7.80. The maximum Gasteiger partial charge on any atom is 0.166 e. The highest BCUT2D eigenvalue weighted by Gasteiger charge is 2.47. The van der Waals surface area contributed by atoms with Crippen molar-refractivity contribution in [1.29, 1.82) is 0 Å². The minimum atomic E-state index is 0.309. The van der Waals surface area contributed by atoms with Crippen LogP contribution in [0, 0.1) is 5.41 Å². The Labute approximate surface area is 85.5 Å². The molecule has 0 heterocycles. The van der Waals surface area contributed by atoms with E-state index in [4.69, 9.17) is 12.2 Å². The van der Waals surface area contributed by atoms with Crippen molar-refractivity contribution < 1.29 is 0 Å². The Morgan fingerprint density at radius 3 is 2.23 bits per heavy atom. The molecule has 2 fully saturated rings. The first-order valence-corrected chi connectivity index (χ1v) is 5.41. The van der Waals surface area contributed by atoms with Gasteiger partial charge in [0.2, 0.25) is 0 Å². The minimum Gasteiger partial charge on any atom is -0.359 e. The van der Waals surface area contributed by atoms with E-state index in [9.17, 15) is 0 Å². The van der Waals surface area contributed by atoms with Crippen LogP contribution in [0.15, 0.2) is 0 Å². The second-order valence-electron chi connectivity index (χ2n) is 5.40. The fourth-order valence-corrected chi connectivity index (χ4v) is 1.88. The molecule has 2 rings (SSSR count). The first-order chi connectivity index (χ1) is 5.91. The van der Waals surface area contributed by atoms with Crippen LogP contribution in [0.5, 0.6) is 0 Å². The summed E-state index contributed by atoms with van der Waals surface area (Å²) in [4.78, 5) is 0. The van der Waals surface area contributed by atoms with Crippen molar-refractivity contribution in [1.82, 2.24) is 10.6 Å². The predicted octanol–water partition coefficient (Wildman–Crippen LogP) is 1.80. The van der Waals surface area contributed by atoms with Gasteiger partial charge in [0.15, 0.2) is 5.11 Å². The molecule has 2 aliphatic rings. The van der Waals surface area contributed by atoms with Crippen molar-refractivity contribution in [3.05, 3.63) is 0 Å². The molecule has 0 amide bonds. The number of hydrogen-bond acceptors (Lipinski definition) is 1. The van der Waals surface area contributed by atoms with Gasteiger partial charge in [-0.3, -0.25) is 0 Å². The second-order valence-corrected chi connectivity index (χ2v) is 5.81. The summed E-state index contributed by atoms with van der Waals surface area (Å²) in [5.74, 6) is 0. The molecule has 0 aromatic rings. The molecule has 2 saturated carbocycles. The molecule has 1 unspecified atom stereocenters. The van der Waals surface area contributed by atoms with E-state index in [-0.39, 0.29) is 0 Å². The Bertz CT molecular complexity index is 243. The van der Waals surface area contributed by atoms with E-state index in [1.807, 2.05) is 0 Å². The normalized spacial score (nSPS) is 32.1. The highest BCUT2D eigenvalue weighted by atomic mass is 32.1. The summed E-state index contributed by atoms with van der Waals surface area (Å²) in [6.07, 6.45) is 3.75. The van der Waals surface area contributed by atoms with Crippen LogP contribution in [0.3, 0.4) is 0 Å². The van der Waals surface area contributed by atoms with Crippen molar-refractivity contribution >= 4 is 17.3 Å². The number of hydrogen-bond donors (Lipinski definition) is 2. The topological polar surface area (TPSA) is 24.1 Å². The number of thiocarbonyl (C=S) groups is 1. The summed E-state index contributed by atoms with van der Waals surface area (Å²) in [6, 6.07) is 0.592. The fraction of sp³-hybridized carbons (Fsp3) is 0.900. The van der Waals surface area contributed by atoms with E-state index in [0.717, 1.165) is 5.11 Å². The molecular weight excluding hydrogens is 180 g/mol. The third-order valence-corrected chi connectivity index (χ3v) is 3.45. The van der Waals surface area contributed by atoms with Crippen LogP contribution >= 0.6 is 12.2 Å².